The number of benzene rings is 1. The lowest BCUT2D eigenvalue weighted by Gasteiger charge is -2.10. The topological polar surface area (TPSA) is 72.5 Å². The van der Waals surface area contributed by atoms with Gasteiger partial charge in [0.2, 0.25) is 0 Å². The summed E-state index contributed by atoms with van der Waals surface area (Å²) in [7, 11) is 1.52. The maximum absolute atomic E-state index is 11.8. The number of carbonyl (C=O) groups is 1. The molecule has 104 valence electrons. The SMILES string of the molecule is CCCNC(=O)C1Cc2cc(S(=O)(=O)Cl)ccc2O1. The first-order valence-electron chi connectivity index (χ1n) is 5.93. The Morgan fingerprint density at radius 3 is 2.89 bits per heavy atom. The molecule has 0 saturated heterocycles. The lowest BCUT2D eigenvalue weighted by Crippen LogP contribution is -2.37. The van der Waals surface area contributed by atoms with E-state index in [-0.39, 0.29) is 10.8 Å². The first-order chi connectivity index (χ1) is 8.91. The molecule has 1 aliphatic rings. The third kappa shape index (κ3) is 3.19. The first-order valence-corrected chi connectivity index (χ1v) is 8.24. The molecular weight excluding hydrogens is 290 g/mol. The molecule has 0 spiro atoms. The van der Waals surface area contributed by atoms with Crippen molar-refractivity contribution in [3.8, 4) is 5.75 Å². The molecule has 1 aliphatic heterocycles. The Kier molecular flexibility index (Phi) is 4.01. The second-order valence-corrected chi connectivity index (χ2v) is 6.87. The van der Waals surface area contributed by atoms with Crippen molar-refractivity contribution in [2.45, 2.75) is 30.8 Å². The number of hydrogen-bond donors (Lipinski definition) is 1. The van der Waals surface area contributed by atoms with E-state index in [1.54, 1.807) is 0 Å². The summed E-state index contributed by atoms with van der Waals surface area (Å²) >= 11 is 0. The third-order valence-corrected chi connectivity index (χ3v) is 4.18. The highest BCUT2D eigenvalue weighted by Crippen LogP contribution is 2.31. The minimum atomic E-state index is -3.76. The monoisotopic (exact) mass is 303 g/mol. The van der Waals surface area contributed by atoms with Crippen molar-refractivity contribution < 1.29 is 17.9 Å². The quantitative estimate of drug-likeness (QED) is 0.854. The lowest BCUT2D eigenvalue weighted by molar-refractivity contribution is -0.127. The molecule has 0 saturated carbocycles. The van der Waals surface area contributed by atoms with E-state index in [9.17, 15) is 13.2 Å². The third-order valence-electron chi connectivity index (χ3n) is 2.83. The van der Waals surface area contributed by atoms with Gasteiger partial charge in [0.1, 0.15) is 5.75 Å². The van der Waals surface area contributed by atoms with Crippen LogP contribution in [0.2, 0.25) is 0 Å². The van der Waals surface area contributed by atoms with Gasteiger partial charge >= 0.3 is 0 Å². The number of rotatable bonds is 4. The van der Waals surface area contributed by atoms with Crippen molar-refractivity contribution in [3.05, 3.63) is 23.8 Å². The average molecular weight is 304 g/mol. The van der Waals surface area contributed by atoms with Crippen molar-refractivity contribution in [3.63, 3.8) is 0 Å². The van der Waals surface area contributed by atoms with Crippen molar-refractivity contribution in [1.82, 2.24) is 5.32 Å². The van der Waals surface area contributed by atoms with Gasteiger partial charge in [0.25, 0.3) is 15.0 Å². The van der Waals surface area contributed by atoms with Crippen LogP contribution in [-0.4, -0.2) is 27.0 Å². The number of amides is 1. The Bertz CT molecular complexity index is 600. The molecule has 1 amide bonds. The van der Waals surface area contributed by atoms with Gasteiger partial charge in [0.15, 0.2) is 6.10 Å². The van der Waals surface area contributed by atoms with Crippen LogP contribution < -0.4 is 10.1 Å². The maximum atomic E-state index is 11.8. The fourth-order valence-electron chi connectivity index (χ4n) is 1.88. The predicted octanol–water partition coefficient (Wildman–Crippen LogP) is 1.44. The highest BCUT2D eigenvalue weighted by molar-refractivity contribution is 8.13. The predicted molar refractivity (Wildman–Crippen MR) is 70.9 cm³/mol. The lowest BCUT2D eigenvalue weighted by atomic mass is 10.1. The summed E-state index contributed by atoms with van der Waals surface area (Å²) in [6.07, 6.45) is 0.598. The van der Waals surface area contributed by atoms with Crippen LogP contribution in [0.3, 0.4) is 0 Å². The molecule has 19 heavy (non-hydrogen) atoms. The van der Waals surface area contributed by atoms with E-state index in [1.807, 2.05) is 6.92 Å². The number of fused-ring (bicyclic) bond motifs is 1. The Balaban J connectivity index is 2.14. The van der Waals surface area contributed by atoms with Gasteiger partial charge in [-0.15, -0.1) is 0 Å². The van der Waals surface area contributed by atoms with E-state index in [4.69, 9.17) is 15.4 Å². The summed E-state index contributed by atoms with van der Waals surface area (Å²) in [4.78, 5) is 11.8. The molecule has 1 N–H and O–H groups in total. The highest BCUT2D eigenvalue weighted by atomic mass is 35.7. The zero-order chi connectivity index (χ0) is 14.0. The van der Waals surface area contributed by atoms with Gasteiger partial charge in [0.05, 0.1) is 4.90 Å². The second kappa shape index (κ2) is 5.38. The van der Waals surface area contributed by atoms with Crippen LogP contribution >= 0.6 is 10.7 Å². The normalized spacial score (nSPS) is 17.7. The molecule has 0 radical (unpaired) electrons. The van der Waals surface area contributed by atoms with Crippen LogP contribution in [0.5, 0.6) is 5.75 Å². The average Bonchev–Trinajstić information content (AvgIpc) is 2.77. The van der Waals surface area contributed by atoms with Crippen LogP contribution in [-0.2, 0) is 20.3 Å². The number of carbonyl (C=O) groups excluding carboxylic acids is 1. The summed E-state index contributed by atoms with van der Waals surface area (Å²) in [5.41, 5.74) is 0.679. The zero-order valence-electron chi connectivity index (χ0n) is 10.3. The van der Waals surface area contributed by atoms with Gasteiger partial charge in [0, 0.05) is 23.6 Å². The van der Waals surface area contributed by atoms with Crippen molar-refractivity contribution in [1.29, 1.82) is 0 Å². The molecule has 1 unspecified atom stereocenters. The second-order valence-electron chi connectivity index (χ2n) is 4.31. The largest absolute Gasteiger partial charge is 0.480 e. The van der Waals surface area contributed by atoms with E-state index in [2.05, 4.69) is 5.32 Å². The van der Waals surface area contributed by atoms with E-state index in [0.29, 0.717) is 24.3 Å². The van der Waals surface area contributed by atoms with E-state index < -0.39 is 15.2 Å². The Labute approximate surface area is 116 Å². The standard InChI is InChI=1S/C12H14ClNO4S/c1-2-5-14-12(15)11-7-8-6-9(19(13,16)17)3-4-10(8)18-11/h3-4,6,11H,2,5,7H2,1H3,(H,14,15). The number of nitrogens with one attached hydrogen (secondary N) is 1. The van der Waals surface area contributed by atoms with Gasteiger partial charge in [-0.1, -0.05) is 6.92 Å². The Morgan fingerprint density at radius 1 is 1.53 bits per heavy atom. The van der Waals surface area contributed by atoms with Gasteiger partial charge < -0.3 is 10.1 Å². The number of hydrogen-bond acceptors (Lipinski definition) is 4. The molecule has 1 aromatic rings. The summed E-state index contributed by atoms with van der Waals surface area (Å²) < 4.78 is 28.0. The van der Waals surface area contributed by atoms with Crippen molar-refractivity contribution >= 4 is 25.6 Å². The summed E-state index contributed by atoms with van der Waals surface area (Å²) in [5.74, 6) is 0.342. The molecule has 1 aromatic carbocycles. The minimum Gasteiger partial charge on any atom is -0.480 e. The van der Waals surface area contributed by atoms with Crippen LogP contribution in [0.4, 0.5) is 0 Å². The molecule has 0 bridgehead atoms. The Morgan fingerprint density at radius 2 is 2.26 bits per heavy atom. The fourth-order valence-corrected chi connectivity index (χ4v) is 2.69. The Hall–Kier alpha value is -1.27. The van der Waals surface area contributed by atoms with Crippen LogP contribution in [0.1, 0.15) is 18.9 Å². The smallest absolute Gasteiger partial charge is 0.261 e. The molecule has 1 atom stereocenters. The number of halogens is 1. The van der Waals surface area contributed by atoms with Gasteiger partial charge in [-0.25, -0.2) is 8.42 Å². The van der Waals surface area contributed by atoms with E-state index >= 15 is 0 Å². The molecular formula is C12H14ClNO4S. The highest BCUT2D eigenvalue weighted by Gasteiger charge is 2.29. The van der Waals surface area contributed by atoms with Gasteiger partial charge in [-0.2, -0.15) is 0 Å². The van der Waals surface area contributed by atoms with Crippen molar-refractivity contribution in [2.24, 2.45) is 0 Å². The molecule has 0 aromatic heterocycles. The molecule has 7 heteroatoms. The van der Waals surface area contributed by atoms with Crippen LogP contribution in [0.25, 0.3) is 0 Å². The summed E-state index contributed by atoms with van der Waals surface area (Å²) in [5, 5.41) is 2.75. The molecule has 2 rings (SSSR count). The van der Waals surface area contributed by atoms with Gasteiger partial charge in [-0.3, -0.25) is 4.79 Å². The minimum absolute atomic E-state index is 0.0196. The maximum Gasteiger partial charge on any atom is 0.261 e. The van der Waals surface area contributed by atoms with Crippen LogP contribution in [0, 0.1) is 0 Å². The number of ether oxygens (including phenoxy) is 1. The zero-order valence-corrected chi connectivity index (χ0v) is 11.9. The van der Waals surface area contributed by atoms with E-state index in [1.165, 1.54) is 18.2 Å². The van der Waals surface area contributed by atoms with Crippen LogP contribution in [0.15, 0.2) is 23.1 Å². The fraction of sp³-hybridized carbons (Fsp3) is 0.417. The summed E-state index contributed by atoms with van der Waals surface area (Å²) in [6, 6.07) is 4.34. The molecule has 0 aliphatic carbocycles. The van der Waals surface area contributed by atoms with Gasteiger partial charge in [-0.05, 0) is 30.2 Å². The molecule has 5 nitrogen and oxygen atoms in total. The summed E-state index contributed by atoms with van der Waals surface area (Å²) in [6.45, 7) is 2.55. The van der Waals surface area contributed by atoms with E-state index in [0.717, 1.165) is 6.42 Å². The molecule has 0 fully saturated rings. The first kappa shape index (κ1) is 14.1. The molecule has 1 heterocycles. The van der Waals surface area contributed by atoms with Crippen molar-refractivity contribution in [2.75, 3.05) is 6.54 Å².